The second kappa shape index (κ2) is 2.50. The van der Waals surface area contributed by atoms with Gasteiger partial charge in [0.15, 0.2) is 12.1 Å². The van der Waals surface area contributed by atoms with Crippen LogP contribution in [0.1, 0.15) is 32.6 Å². The van der Waals surface area contributed by atoms with E-state index in [2.05, 4.69) is 6.92 Å². The lowest BCUT2D eigenvalue weighted by Gasteiger charge is -2.27. The quantitative estimate of drug-likeness (QED) is 0.730. The van der Waals surface area contributed by atoms with Crippen molar-refractivity contribution in [3.63, 3.8) is 0 Å². The Bertz CT molecular complexity index is 357. The summed E-state index contributed by atoms with van der Waals surface area (Å²) in [5, 5.41) is 0. The van der Waals surface area contributed by atoms with Crippen LogP contribution >= 0.6 is 0 Å². The van der Waals surface area contributed by atoms with Crippen LogP contribution in [-0.2, 0) is 14.2 Å². The fraction of sp³-hybridized carbons (Fsp3) is 1.00. The molecule has 3 saturated heterocycles. The second-order valence-corrected chi connectivity index (χ2v) is 6.25. The summed E-state index contributed by atoms with van der Waals surface area (Å²) in [6.45, 7) is 2.24. The average molecular weight is 222 g/mol. The topological polar surface area (TPSA) is 27.7 Å². The fourth-order valence-corrected chi connectivity index (χ4v) is 5.34. The van der Waals surface area contributed by atoms with Gasteiger partial charge in [0.25, 0.3) is 0 Å². The zero-order valence-electron chi connectivity index (χ0n) is 9.59. The maximum Gasteiger partial charge on any atom is 0.175 e. The molecule has 2 saturated carbocycles. The SMILES string of the molecule is CCCC[C@@]12O[C@H]3O[C@H]4[C@H]5C[C@@H]([C@@H]4O1)[C@@H]2[C@@H]35. The summed E-state index contributed by atoms with van der Waals surface area (Å²) in [6.07, 6.45) is 5.69. The first-order chi connectivity index (χ1) is 7.84. The van der Waals surface area contributed by atoms with Crippen molar-refractivity contribution >= 4 is 0 Å². The van der Waals surface area contributed by atoms with E-state index in [9.17, 15) is 0 Å². The molecule has 16 heavy (non-hydrogen) atoms. The van der Waals surface area contributed by atoms with Gasteiger partial charge in [0, 0.05) is 18.3 Å². The van der Waals surface area contributed by atoms with E-state index in [1.165, 1.54) is 19.3 Å². The van der Waals surface area contributed by atoms with Crippen LogP contribution in [0.3, 0.4) is 0 Å². The summed E-state index contributed by atoms with van der Waals surface area (Å²) in [5.74, 6) is 2.62. The smallest absolute Gasteiger partial charge is 0.175 e. The second-order valence-electron chi connectivity index (χ2n) is 6.25. The van der Waals surface area contributed by atoms with Gasteiger partial charge < -0.3 is 14.2 Å². The van der Waals surface area contributed by atoms with Gasteiger partial charge in [-0.25, -0.2) is 0 Å². The lowest BCUT2D eigenvalue weighted by Crippen LogP contribution is -2.34. The van der Waals surface area contributed by atoms with Gasteiger partial charge in [-0.2, -0.15) is 0 Å². The minimum absolute atomic E-state index is 0.0781. The Hall–Kier alpha value is -0.120. The van der Waals surface area contributed by atoms with Crippen LogP contribution < -0.4 is 0 Å². The lowest BCUT2D eigenvalue weighted by molar-refractivity contribution is -0.241. The molecule has 5 fully saturated rings. The normalized spacial score (nSPS) is 67.7. The zero-order chi connectivity index (χ0) is 10.5. The minimum Gasteiger partial charge on any atom is -0.346 e. The molecule has 2 bridgehead atoms. The van der Waals surface area contributed by atoms with Crippen LogP contribution in [0.2, 0.25) is 0 Å². The third kappa shape index (κ3) is 0.712. The Morgan fingerprint density at radius 1 is 1.19 bits per heavy atom. The van der Waals surface area contributed by atoms with Crippen molar-refractivity contribution in [3.05, 3.63) is 0 Å². The highest BCUT2D eigenvalue weighted by molar-refractivity contribution is 5.21. The molecule has 3 heterocycles. The third-order valence-electron chi connectivity index (χ3n) is 5.73. The highest BCUT2D eigenvalue weighted by atomic mass is 16.8. The molecule has 0 radical (unpaired) electrons. The molecule has 0 amide bonds. The first-order valence-corrected chi connectivity index (χ1v) is 6.85. The molecule has 3 heteroatoms. The summed E-state index contributed by atoms with van der Waals surface area (Å²) < 4.78 is 18.5. The van der Waals surface area contributed by atoms with Crippen LogP contribution in [-0.4, -0.2) is 24.3 Å². The molecule has 5 rings (SSSR count). The van der Waals surface area contributed by atoms with E-state index < -0.39 is 0 Å². The standard InChI is InChI=1S/C13H18O3/c1-2-3-4-13-9-7-5-6-8(9)12(16-13)14-10(6)11(7)15-13/h6-12H,2-5H2,1H3/t6-,7+,8-,9+,10-,11-,12+,13-/m0/s1. The van der Waals surface area contributed by atoms with Crippen molar-refractivity contribution in [2.45, 2.75) is 56.9 Å². The van der Waals surface area contributed by atoms with E-state index >= 15 is 0 Å². The van der Waals surface area contributed by atoms with E-state index in [0.29, 0.717) is 24.0 Å². The van der Waals surface area contributed by atoms with Gasteiger partial charge in [0.05, 0.1) is 12.2 Å². The number of hydrogen-bond donors (Lipinski definition) is 0. The fourth-order valence-electron chi connectivity index (χ4n) is 5.34. The predicted octanol–water partition coefficient (Wildman–Crippen LogP) is 1.91. The van der Waals surface area contributed by atoms with Gasteiger partial charge in [0.2, 0.25) is 0 Å². The highest BCUT2D eigenvalue weighted by Crippen LogP contribution is 2.73. The summed E-state index contributed by atoms with van der Waals surface area (Å²) in [6, 6.07) is 0. The van der Waals surface area contributed by atoms with E-state index in [-0.39, 0.29) is 12.1 Å². The third-order valence-corrected chi connectivity index (χ3v) is 5.73. The monoisotopic (exact) mass is 222 g/mol. The van der Waals surface area contributed by atoms with Gasteiger partial charge in [-0.05, 0) is 24.7 Å². The minimum atomic E-state index is -0.235. The van der Waals surface area contributed by atoms with Crippen molar-refractivity contribution in [2.75, 3.05) is 0 Å². The highest BCUT2D eigenvalue weighted by Gasteiger charge is 2.80. The molecule has 0 unspecified atom stereocenters. The maximum absolute atomic E-state index is 6.33. The summed E-state index contributed by atoms with van der Waals surface area (Å²) in [5.41, 5.74) is 0. The van der Waals surface area contributed by atoms with Gasteiger partial charge >= 0.3 is 0 Å². The number of hydrogen-bond acceptors (Lipinski definition) is 3. The average Bonchev–Trinajstić information content (AvgIpc) is 2.89. The van der Waals surface area contributed by atoms with E-state index in [0.717, 1.165) is 18.3 Å². The van der Waals surface area contributed by atoms with Gasteiger partial charge in [-0.3, -0.25) is 0 Å². The van der Waals surface area contributed by atoms with Crippen molar-refractivity contribution < 1.29 is 14.2 Å². The van der Waals surface area contributed by atoms with Gasteiger partial charge in [-0.1, -0.05) is 13.3 Å². The van der Waals surface area contributed by atoms with E-state index in [1.807, 2.05) is 0 Å². The summed E-state index contributed by atoms with van der Waals surface area (Å²) in [7, 11) is 0. The molecule has 88 valence electrons. The number of rotatable bonds is 3. The van der Waals surface area contributed by atoms with Crippen molar-refractivity contribution in [2.24, 2.45) is 23.7 Å². The molecule has 0 aromatic heterocycles. The van der Waals surface area contributed by atoms with Crippen LogP contribution in [0.15, 0.2) is 0 Å². The van der Waals surface area contributed by atoms with Crippen molar-refractivity contribution in [3.8, 4) is 0 Å². The first kappa shape index (κ1) is 8.90. The van der Waals surface area contributed by atoms with E-state index in [4.69, 9.17) is 14.2 Å². The summed E-state index contributed by atoms with van der Waals surface area (Å²) in [4.78, 5) is 0. The molecule has 0 N–H and O–H groups in total. The van der Waals surface area contributed by atoms with Crippen LogP contribution in [0.4, 0.5) is 0 Å². The molecule has 8 atom stereocenters. The van der Waals surface area contributed by atoms with Crippen molar-refractivity contribution in [1.82, 2.24) is 0 Å². The molecule has 0 spiro atoms. The van der Waals surface area contributed by atoms with Crippen molar-refractivity contribution in [1.29, 1.82) is 0 Å². The molecule has 2 aliphatic carbocycles. The maximum atomic E-state index is 6.33. The number of ether oxygens (including phenoxy) is 3. The molecule has 0 aromatic carbocycles. The first-order valence-electron chi connectivity index (χ1n) is 6.85. The Labute approximate surface area is 95.4 Å². The van der Waals surface area contributed by atoms with Crippen LogP contribution in [0, 0.1) is 23.7 Å². The molecule has 3 nitrogen and oxygen atoms in total. The molecule has 3 aliphatic heterocycles. The molecule has 5 aliphatic rings. The van der Waals surface area contributed by atoms with Gasteiger partial charge in [-0.15, -0.1) is 0 Å². The lowest BCUT2D eigenvalue weighted by atomic mass is 9.77. The Balaban J connectivity index is 1.60. The predicted molar refractivity (Wildman–Crippen MR) is 55.5 cm³/mol. The Kier molecular flexibility index (Phi) is 1.39. The van der Waals surface area contributed by atoms with Gasteiger partial charge in [0.1, 0.15) is 0 Å². The van der Waals surface area contributed by atoms with E-state index in [1.54, 1.807) is 0 Å². The molecule has 0 aromatic rings. The largest absolute Gasteiger partial charge is 0.346 e. The number of unbranched alkanes of at least 4 members (excludes halogenated alkanes) is 1. The summed E-state index contributed by atoms with van der Waals surface area (Å²) >= 11 is 0. The van der Waals surface area contributed by atoms with Crippen LogP contribution in [0.25, 0.3) is 0 Å². The Morgan fingerprint density at radius 3 is 3.00 bits per heavy atom. The molecular weight excluding hydrogens is 204 g/mol. The van der Waals surface area contributed by atoms with Crippen LogP contribution in [0.5, 0.6) is 0 Å². The zero-order valence-corrected chi connectivity index (χ0v) is 9.59. The molecular formula is C13H18O3. The number of fused-ring (bicyclic) bond motifs is 1. The Morgan fingerprint density at radius 2 is 2.12 bits per heavy atom.